The standard InChI is InChI=1S/C23H38O/c1-8-10-11-15-22(9-2)18-23(20(5)6)24-17-16-21(7)14-12-13-19(3)4/h2,13,16,18,20,23H,8,10-12,14-15,17H2,1,3-7H3/b21-16+,22-18+. The zero-order chi connectivity index (χ0) is 18.4. The van der Waals surface area contributed by atoms with Crippen LogP contribution in [0.2, 0.25) is 0 Å². The Balaban J connectivity index is 4.52. The summed E-state index contributed by atoms with van der Waals surface area (Å²) in [6.45, 7) is 13.7. The maximum atomic E-state index is 6.08. The molecule has 24 heavy (non-hydrogen) atoms. The van der Waals surface area contributed by atoms with Crippen molar-refractivity contribution >= 4 is 0 Å². The molecule has 0 bridgehead atoms. The van der Waals surface area contributed by atoms with E-state index in [-0.39, 0.29) is 6.10 Å². The first-order valence-corrected chi connectivity index (χ1v) is 9.48. The van der Waals surface area contributed by atoms with E-state index in [9.17, 15) is 0 Å². The summed E-state index contributed by atoms with van der Waals surface area (Å²) in [5.74, 6) is 3.27. The number of unbranched alkanes of at least 4 members (excludes halogenated alkanes) is 2. The topological polar surface area (TPSA) is 9.23 Å². The Morgan fingerprint density at radius 3 is 2.33 bits per heavy atom. The van der Waals surface area contributed by atoms with Gasteiger partial charge in [-0.2, -0.15) is 0 Å². The number of allylic oxidation sites excluding steroid dienone is 4. The van der Waals surface area contributed by atoms with Crippen LogP contribution in [0.1, 0.15) is 80.1 Å². The van der Waals surface area contributed by atoms with E-state index in [0.29, 0.717) is 12.5 Å². The highest BCUT2D eigenvalue weighted by atomic mass is 16.5. The highest BCUT2D eigenvalue weighted by Gasteiger charge is 2.11. The van der Waals surface area contributed by atoms with Gasteiger partial charge in [-0.3, -0.25) is 0 Å². The van der Waals surface area contributed by atoms with Gasteiger partial charge in [-0.15, -0.1) is 6.42 Å². The van der Waals surface area contributed by atoms with Crippen LogP contribution < -0.4 is 0 Å². The van der Waals surface area contributed by atoms with E-state index >= 15 is 0 Å². The maximum Gasteiger partial charge on any atom is 0.0794 e. The van der Waals surface area contributed by atoms with Gasteiger partial charge in [0.15, 0.2) is 0 Å². The average molecular weight is 331 g/mol. The SMILES string of the molecule is C#C/C(=C\C(OC/C=C(\C)CCC=C(C)C)C(C)C)CCCCC. The summed E-state index contributed by atoms with van der Waals surface area (Å²) in [5.41, 5.74) is 3.86. The fraction of sp³-hybridized carbons (Fsp3) is 0.652. The lowest BCUT2D eigenvalue weighted by atomic mass is 10.0. The molecule has 0 aliphatic heterocycles. The number of hydrogen-bond donors (Lipinski definition) is 0. The minimum Gasteiger partial charge on any atom is -0.370 e. The van der Waals surface area contributed by atoms with E-state index in [2.05, 4.69) is 65.7 Å². The molecule has 0 saturated heterocycles. The van der Waals surface area contributed by atoms with Crippen molar-refractivity contribution in [3.8, 4) is 12.3 Å². The predicted molar refractivity (Wildman–Crippen MR) is 108 cm³/mol. The Labute approximate surface area is 151 Å². The molecule has 0 radical (unpaired) electrons. The molecule has 0 aliphatic carbocycles. The lowest BCUT2D eigenvalue weighted by molar-refractivity contribution is 0.0749. The summed E-state index contributed by atoms with van der Waals surface area (Å²) in [6, 6.07) is 0. The first-order chi connectivity index (χ1) is 11.4. The molecular weight excluding hydrogens is 292 g/mol. The molecule has 136 valence electrons. The number of rotatable bonds is 12. The molecule has 0 N–H and O–H groups in total. The summed E-state index contributed by atoms with van der Waals surface area (Å²) < 4.78 is 6.08. The molecule has 1 nitrogen and oxygen atoms in total. The molecule has 0 aliphatic rings. The molecule has 1 unspecified atom stereocenters. The molecule has 0 heterocycles. The zero-order valence-electron chi connectivity index (χ0n) is 16.8. The van der Waals surface area contributed by atoms with E-state index in [1.807, 2.05) is 0 Å². The van der Waals surface area contributed by atoms with Crippen molar-refractivity contribution < 1.29 is 4.74 Å². The van der Waals surface area contributed by atoms with Crippen LogP contribution in [0.25, 0.3) is 0 Å². The number of ether oxygens (including phenoxy) is 1. The third-order valence-corrected chi connectivity index (χ3v) is 4.07. The van der Waals surface area contributed by atoms with Crippen LogP contribution in [-0.2, 0) is 4.74 Å². The first-order valence-electron chi connectivity index (χ1n) is 9.48. The summed E-state index contributed by atoms with van der Waals surface area (Å²) in [5, 5.41) is 0. The van der Waals surface area contributed by atoms with Crippen molar-refractivity contribution in [2.24, 2.45) is 5.92 Å². The first kappa shape index (κ1) is 22.7. The van der Waals surface area contributed by atoms with E-state index in [4.69, 9.17) is 11.2 Å². The van der Waals surface area contributed by atoms with Gasteiger partial charge in [0, 0.05) is 5.57 Å². The lowest BCUT2D eigenvalue weighted by Gasteiger charge is -2.18. The molecular formula is C23H38O. The van der Waals surface area contributed by atoms with Gasteiger partial charge in [-0.05, 0) is 58.4 Å². The molecule has 0 saturated carbocycles. The van der Waals surface area contributed by atoms with Crippen LogP contribution in [0.4, 0.5) is 0 Å². The van der Waals surface area contributed by atoms with Crippen molar-refractivity contribution in [1.82, 2.24) is 0 Å². The summed E-state index contributed by atoms with van der Waals surface area (Å²) in [7, 11) is 0. The monoisotopic (exact) mass is 330 g/mol. The second-order valence-corrected chi connectivity index (χ2v) is 7.21. The molecule has 0 aromatic carbocycles. The van der Waals surface area contributed by atoms with Crippen LogP contribution in [0, 0.1) is 18.3 Å². The molecule has 0 fully saturated rings. The molecule has 1 heteroatoms. The Bertz CT molecular complexity index is 453. The molecule has 0 rings (SSSR count). The molecule has 0 aromatic heterocycles. The van der Waals surface area contributed by atoms with Crippen molar-refractivity contribution in [3.05, 3.63) is 34.9 Å². The van der Waals surface area contributed by atoms with Crippen LogP contribution in [0.15, 0.2) is 34.9 Å². The average Bonchev–Trinajstić information content (AvgIpc) is 2.52. The predicted octanol–water partition coefficient (Wildman–Crippen LogP) is 6.86. The minimum atomic E-state index is 0.0968. The van der Waals surface area contributed by atoms with E-state index in [0.717, 1.165) is 24.8 Å². The fourth-order valence-corrected chi connectivity index (χ4v) is 2.39. The number of hydrogen-bond acceptors (Lipinski definition) is 1. The van der Waals surface area contributed by atoms with Crippen LogP contribution in [-0.4, -0.2) is 12.7 Å². The smallest absolute Gasteiger partial charge is 0.0794 e. The van der Waals surface area contributed by atoms with Crippen molar-refractivity contribution in [2.45, 2.75) is 86.2 Å². The van der Waals surface area contributed by atoms with Gasteiger partial charge >= 0.3 is 0 Å². The van der Waals surface area contributed by atoms with Gasteiger partial charge in [0.25, 0.3) is 0 Å². The largest absolute Gasteiger partial charge is 0.370 e. The maximum absolute atomic E-state index is 6.08. The molecule has 0 aromatic rings. The third-order valence-electron chi connectivity index (χ3n) is 4.07. The minimum absolute atomic E-state index is 0.0968. The quantitative estimate of drug-likeness (QED) is 0.216. The van der Waals surface area contributed by atoms with Gasteiger partial charge in [-0.25, -0.2) is 0 Å². The van der Waals surface area contributed by atoms with Crippen molar-refractivity contribution in [2.75, 3.05) is 6.61 Å². The summed E-state index contributed by atoms with van der Waals surface area (Å²) in [4.78, 5) is 0. The summed E-state index contributed by atoms with van der Waals surface area (Å²) >= 11 is 0. The normalized spacial score (nSPS) is 13.8. The summed E-state index contributed by atoms with van der Waals surface area (Å²) in [6.07, 6.45) is 19.2. The zero-order valence-corrected chi connectivity index (χ0v) is 16.8. The van der Waals surface area contributed by atoms with E-state index in [1.165, 1.54) is 30.4 Å². The molecule has 1 atom stereocenters. The second-order valence-electron chi connectivity index (χ2n) is 7.21. The van der Waals surface area contributed by atoms with Crippen LogP contribution >= 0.6 is 0 Å². The van der Waals surface area contributed by atoms with Gasteiger partial charge in [0.05, 0.1) is 12.7 Å². The Morgan fingerprint density at radius 1 is 1.08 bits per heavy atom. The molecule has 0 amide bonds. The Hall–Kier alpha value is -1.26. The van der Waals surface area contributed by atoms with Gasteiger partial charge in [-0.1, -0.05) is 62.8 Å². The van der Waals surface area contributed by atoms with Crippen LogP contribution in [0.5, 0.6) is 0 Å². The highest BCUT2D eigenvalue weighted by Crippen LogP contribution is 2.15. The molecule has 0 spiro atoms. The van der Waals surface area contributed by atoms with Gasteiger partial charge in [0.1, 0.15) is 0 Å². The highest BCUT2D eigenvalue weighted by molar-refractivity contribution is 5.26. The van der Waals surface area contributed by atoms with E-state index in [1.54, 1.807) is 0 Å². The van der Waals surface area contributed by atoms with Crippen molar-refractivity contribution in [3.63, 3.8) is 0 Å². The second kappa shape index (κ2) is 14.1. The number of terminal acetylenes is 1. The third kappa shape index (κ3) is 12.2. The van der Waals surface area contributed by atoms with E-state index < -0.39 is 0 Å². The Kier molecular flexibility index (Phi) is 13.4. The fourth-order valence-electron chi connectivity index (χ4n) is 2.39. The lowest BCUT2D eigenvalue weighted by Crippen LogP contribution is -2.18. The Morgan fingerprint density at radius 2 is 1.79 bits per heavy atom. The van der Waals surface area contributed by atoms with Gasteiger partial charge in [0.2, 0.25) is 0 Å². The van der Waals surface area contributed by atoms with Crippen molar-refractivity contribution in [1.29, 1.82) is 0 Å². The van der Waals surface area contributed by atoms with Gasteiger partial charge < -0.3 is 4.74 Å². The van der Waals surface area contributed by atoms with Crippen LogP contribution in [0.3, 0.4) is 0 Å².